The fourth-order valence-electron chi connectivity index (χ4n) is 3.52. The van der Waals surface area contributed by atoms with Crippen molar-refractivity contribution in [3.05, 3.63) is 64.2 Å². The van der Waals surface area contributed by atoms with Crippen LogP contribution in [-0.2, 0) is 11.2 Å². The number of aliphatic hydroxyl groups is 3. The first kappa shape index (κ1) is 21.4. The van der Waals surface area contributed by atoms with Crippen LogP contribution < -0.4 is 4.74 Å². The zero-order valence-corrected chi connectivity index (χ0v) is 17.4. The van der Waals surface area contributed by atoms with Gasteiger partial charge >= 0.3 is 0 Å². The van der Waals surface area contributed by atoms with E-state index in [1.165, 1.54) is 11.8 Å². The molecule has 5 nitrogen and oxygen atoms in total. The van der Waals surface area contributed by atoms with E-state index in [0.717, 1.165) is 22.4 Å². The van der Waals surface area contributed by atoms with Gasteiger partial charge in [0.15, 0.2) is 0 Å². The molecule has 0 saturated carbocycles. The molecule has 0 radical (unpaired) electrons. The van der Waals surface area contributed by atoms with Gasteiger partial charge in [0.2, 0.25) is 0 Å². The van der Waals surface area contributed by atoms with Crippen LogP contribution in [0.5, 0.6) is 5.75 Å². The minimum atomic E-state index is -1.09. The summed E-state index contributed by atoms with van der Waals surface area (Å²) in [6, 6.07) is 13.2. The summed E-state index contributed by atoms with van der Waals surface area (Å²) >= 11 is 7.76. The predicted octanol–water partition coefficient (Wildman–Crippen LogP) is 2.83. The Morgan fingerprint density at radius 2 is 1.82 bits per heavy atom. The number of hydrogen-bond donors (Lipinski definition) is 3. The lowest BCUT2D eigenvalue weighted by molar-refractivity contribution is -0.175. The topological polar surface area (TPSA) is 79.2 Å². The van der Waals surface area contributed by atoms with Gasteiger partial charge in [-0.05, 0) is 47.6 Å². The predicted molar refractivity (Wildman–Crippen MR) is 111 cm³/mol. The van der Waals surface area contributed by atoms with Crippen molar-refractivity contribution >= 4 is 23.4 Å². The highest BCUT2D eigenvalue weighted by Crippen LogP contribution is 2.37. The molecule has 3 rings (SSSR count). The van der Waals surface area contributed by atoms with Crippen LogP contribution >= 0.6 is 23.4 Å². The molecule has 1 fully saturated rings. The minimum absolute atomic E-state index is 0.224. The van der Waals surface area contributed by atoms with Gasteiger partial charge in [-0.1, -0.05) is 35.9 Å². The molecule has 0 unspecified atom stereocenters. The molecule has 0 spiro atoms. The lowest BCUT2D eigenvalue weighted by Gasteiger charge is -2.42. The maximum atomic E-state index is 10.6. The molecule has 152 valence electrons. The zero-order valence-electron chi connectivity index (χ0n) is 15.8. The third-order valence-electron chi connectivity index (χ3n) is 5.09. The number of thioether (sulfide) groups is 1. The van der Waals surface area contributed by atoms with Crippen LogP contribution in [0.3, 0.4) is 0 Å². The van der Waals surface area contributed by atoms with E-state index in [1.807, 2.05) is 36.6 Å². The molecule has 2 aromatic rings. The molecule has 1 saturated heterocycles. The number of rotatable bonds is 6. The van der Waals surface area contributed by atoms with Crippen molar-refractivity contribution in [1.82, 2.24) is 0 Å². The second-order valence-corrected chi connectivity index (χ2v) is 8.26. The van der Waals surface area contributed by atoms with Crippen molar-refractivity contribution in [3.8, 4) is 5.75 Å². The highest BCUT2D eigenvalue weighted by atomic mass is 35.5. The van der Waals surface area contributed by atoms with Crippen LogP contribution in [0.1, 0.15) is 22.8 Å². The van der Waals surface area contributed by atoms with E-state index in [-0.39, 0.29) is 11.9 Å². The Balaban J connectivity index is 1.85. The van der Waals surface area contributed by atoms with E-state index in [2.05, 4.69) is 0 Å². The molecule has 3 N–H and O–H groups in total. The molecule has 7 heteroatoms. The number of benzene rings is 2. The summed E-state index contributed by atoms with van der Waals surface area (Å²) in [5.41, 5.74) is 2.68. The molecule has 0 aromatic heterocycles. The average molecular weight is 425 g/mol. The van der Waals surface area contributed by atoms with Gasteiger partial charge in [-0.3, -0.25) is 0 Å². The molecule has 2 aromatic carbocycles. The van der Waals surface area contributed by atoms with E-state index in [1.54, 1.807) is 19.2 Å². The molecule has 0 aliphatic carbocycles. The van der Waals surface area contributed by atoms with Gasteiger partial charge in [0.25, 0.3) is 0 Å². The van der Waals surface area contributed by atoms with Gasteiger partial charge in [-0.2, -0.15) is 11.8 Å². The Morgan fingerprint density at radius 1 is 1.11 bits per heavy atom. The van der Waals surface area contributed by atoms with E-state index in [9.17, 15) is 15.3 Å². The number of ether oxygens (including phenoxy) is 2. The molecular weight excluding hydrogens is 400 g/mol. The summed E-state index contributed by atoms with van der Waals surface area (Å²) in [7, 11) is 1.63. The quantitative estimate of drug-likeness (QED) is 0.661. The molecule has 0 amide bonds. The van der Waals surface area contributed by atoms with Gasteiger partial charge in [0, 0.05) is 5.02 Å². The van der Waals surface area contributed by atoms with Gasteiger partial charge in [0.1, 0.15) is 18.0 Å². The summed E-state index contributed by atoms with van der Waals surface area (Å²) in [5, 5.41) is 30.9. The fourth-order valence-corrected chi connectivity index (χ4v) is 4.60. The number of aliphatic hydroxyl groups excluding tert-OH is 3. The molecule has 1 aliphatic heterocycles. The fraction of sp³-hybridized carbons (Fsp3) is 0.429. The first-order valence-electron chi connectivity index (χ1n) is 9.05. The molecule has 1 heterocycles. The lowest BCUT2D eigenvalue weighted by Crippen LogP contribution is -2.53. The summed E-state index contributed by atoms with van der Waals surface area (Å²) < 4.78 is 11.1. The van der Waals surface area contributed by atoms with Crippen LogP contribution in [0, 0.1) is 0 Å². The van der Waals surface area contributed by atoms with Crippen molar-refractivity contribution in [2.24, 2.45) is 0 Å². The maximum Gasteiger partial charge on any atom is 0.118 e. The largest absolute Gasteiger partial charge is 0.497 e. The van der Waals surface area contributed by atoms with Gasteiger partial charge in [0.05, 0.1) is 31.2 Å². The van der Waals surface area contributed by atoms with Gasteiger partial charge in [-0.15, -0.1) is 0 Å². The Bertz CT molecular complexity index is 783. The smallest absolute Gasteiger partial charge is 0.118 e. The van der Waals surface area contributed by atoms with Gasteiger partial charge in [-0.25, -0.2) is 0 Å². The van der Waals surface area contributed by atoms with Crippen molar-refractivity contribution < 1.29 is 24.8 Å². The first-order valence-corrected chi connectivity index (χ1v) is 10.7. The summed E-state index contributed by atoms with van der Waals surface area (Å²) in [6.07, 6.45) is -0.940. The van der Waals surface area contributed by atoms with E-state index in [4.69, 9.17) is 21.1 Å². The van der Waals surface area contributed by atoms with Crippen molar-refractivity contribution in [2.45, 2.75) is 36.1 Å². The number of halogens is 1. The Kier molecular flexibility index (Phi) is 7.25. The molecule has 28 heavy (non-hydrogen) atoms. The van der Waals surface area contributed by atoms with Crippen LogP contribution in [-0.4, -0.2) is 58.9 Å². The Labute approximate surface area is 174 Å². The standard InChI is InChI=1S/C21H25ClO5S/c1-26-15-6-3-12(4-7-15)9-14-10-13(5-8-16(14)22)20-18(24)19(25)21(28-2)17(11-23)27-20/h3-8,10,17-21,23-25H,9,11H2,1-2H3/t17-,18-,19-,20+,21-/m1/s1. The third kappa shape index (κ3) is 4.48. The molecule has 1 aliphatic rings. The molecule has 5 atom stereocenters. The Hall–Kier alpha value is -1.28. The Morgan fingerprint density at radius 3 is 2.43 bits per heavy atom. The van der Waals surface area contributed by atoms with E-state index >= 15 is 0 Å². The monoisotopic (exact) mass is 424 g/mol. The normalized spacial score (nSPS) is 27.6. The first-order chi connectivity index (χ1) is 13.5. The minimum Gasteiger partial charge on any atom is -0.497 e. The van der Waals surface area contributed by atoms with Crippen LogP contribution in [0.4, 0.5) is 0 Å². The number of methoxy groups -OCH3 is 1. The van der Waals surface area contributed by atoms with Crippen LogP contribution in [0.2, 0.25) is 5.02 Å². The van der Waals surface area contributed by atoms with Crippen molar-refractivity contribution in [1.29, 1.82) is 0 Å². The maximum absolute atomic E-state index is 10.6. The van der Waals surface area contributed by atoms with Crippen LogP contribution in [0.15, 0.2) is 42.5 Å². The van der Waals surface area contributed by atoms with Crippen molar-refractivity contribution in [2.75, 3.05) is 20.0 Å². The van der Waals surface area contributed by atoms with E-state index < -0.39 is 24.4 Å². The molecular formula is C21H25ClO5S. The average Bonchev–Trinajstić information content (AvgIpc) is 2.72. The van der Waals surface area contributed by atoms with E-state index in [0.29, 0.717) is 11.4 Å². The highest BCUT2D eigenvalue weighted by Gasteiger charge is 2.44. The second-order valence-electron chi connectivity index (χ2n) is 6.83. The van der Waals surface area contributed by atoms with Gasteiger partial charge < -0.3 is 24.8 Å². The summed E-state index contributed by atoms with van der Waals surface area (Å²) in [4.78, 5) is 0. The second kappa shape index (κ2) is 9.48. The SMILES string of the molecule is COc1ccc(Cc2cc([C@@H]3O[C@H](CO)[C@@H](SC)[C@H](O)[C@H]3O)ccc2Cl)cc1. The summed E-state index contributed by atoms with van der Waals surface area (Å²) in [6.45, 7) is -0.224. The van der Waals surface area contributed by atoms with Crippen molar-refractivity contribution in [3.63, 3.8) is 0 Å². The number of hydrogen-bond acceptors (Lipinski definition) is 6. The highest BCUT2D eigenvalue weighted by molar-refractivity contribution is 7.99. The third-order valence-corrected chi connectivity index (χ3v) is 6.58. The van der Waals surface area contributed by atoms with Crippen LogP contribution in [0.25, 0.3) is 0 Å². The lowest BCUT2D eigenvalue weighted by atomic mass is 9.91. The summed E-state index contributed by atoms with van der Waals surface area (Å²) in [5.74, 6) is 0.787. The zero-order chi connectivity index (χ0) is 20.3. The molecule has 0 bridgehead atoms.